The van der Waals surface area contributed by atoms with Crippen LogP contribution in [-0.2, 0) is 14.8 Å². The summed E-state index contributed by atoms with van der Waals surface area (Å²) in [6.07, 6.45) is -4.27. The van der Waals surface area contributed by atoms with Gasteiger partial charge in [-0.25, -0.2) is 13.2 Å². The van der Waals surface area contributed by atoms with Crippen LogP contribution in [-0.4, -0.2) is 63.8 Å². The number of hydrogen-bond acceptors (Lipinski definition) is 6. The number of rotatable bonds is 7. The van der Waals surface area contributed by atoms with E-state index in [1.54, 1.807) is 25.1 Å². The number of carbonyl (C=O) groups is 2. The van der Waals surface area contributed by atoms with Gasteiger partial charge in [0.15, 0.2) is 0 Å². The van der Waals surface area contributed by atoms with E-state index >= 15 is 0 Å². The van der Waals surface area contributed by atoms with Gasteiger partial charge in [0.1, 0.15) is 0 Å². The first kappa shape index (κ1) is 31.9. The number of halogens is 3. The van der Waals surface area contributed by atoms with Crippen LogP contribution in [0.1, 0.15) is 47.3 Å². The minimum absolute atomic E-state index is 0.0249. The molecule has 0 aliphatic carbocycles. The van der Waals surface area contributed by atoms with Crippen LogP contribution in [0.15, 0.2) is 35.2 Å². The average Bonchev–Trinajstić information content (AvgIpc) is 2.86. The van der Waals surface area contributed by atoms with Crippen LogP contribution < -0.4 is 20.3 Å². The lowest BCUT2D eigenvalue weighted by Gasteiger charge is -2.31. The molecule has 0 radical (unpaired) electrons. The number of hydrogen-bond donors (Lipinski definition) is 4. The van der Waals surface area contributed by atoms with E-state index < -0.39 is 22.2 Å². The molecule has 1 amide bonds. The molecule has 216 valence electrons. The summed E-state index contributed by atoms with van der Waals surface area (Å²) in [5, 5.41) is 13.5. The van der Waals surface area contributed by atoms with Gasteiger partial charge in [0, 0.05) is 43.6 Å². The van der Waals surface area contributed by atoms with Crippen molar-refractivity contribution in [2.75, 3.05) is 35.8 Å². The van der Waals surface area contributed by atoms with Gasteiger partial charge < -0.3 is 20.6 Å². The molecule has 13 heteroatoms. The first-order chi connectivity index (χ1) is 18.1. The molecule has 1 fully saturated rings. The quantitative estimate of drug-likeness (QED) is 0.395. The first-order valence-electron chi connectivity index (χ1n) is 12.4. The van der Waals surface area contributed by atoms with Crippen molar-refractivity contribution in [1.82, 2.24) is 10.6 Å². The first-order valence-corrected chi connectivity index (χ1v) is 13.9. The molecule has 9 nitrogen and oxygen atoms in total. The number of sulfonamides is 1. The van der Waals surface area contributed by atoms with Gasteiger partial charge in [0.2, 0.25) is 0 Å². The predicted molar refractivity (Wildman–Crippen MR) is 144 cm³/mol. The second-order valence-electron chi connectivity index (χ2n) is 9.36. The smallest absolute Gasteiger partial charge is 0.475 e. The molecular weight excluding hydrogens is 537 g/mol. The van der Waals surface area contributed by atoms with E-state index in [1.165, 1.54) is 0 Å². The molecular formula is C26H35F3N4O5S. The van der Waals surface area contributed by atoms with Crippen LogP contribution in [0.3, 0.4) is 0 Å². The number of nitrogens with one attached hydrogen (secondary N) is 3. The van der Waals surface area contributed by atoms with Gasteiger partial charge in [0.05, 0.1) is 10.5 Å². The second-order valence-corrected chi connectivity index (χ2v) is 11.0. The van der Waals surface area contributed by atoms with Gasteiger partial charge >= 0.3 is 12.1 Å². The maximum Gasteiger partial charge on any atom is 0.490 e. The molecule has 1 aliphatic rings. The molecule has 39 heavy (non-hydrogen) atoms. The number of piperazine rings is 1. The summed E-state index contributed by atoms with van der Waals surface area (Å²) in [5.41, 5.74) is 4.31. The van der Waals surface area contributed by atoms with Crippen LogP contribution in [0.4, 0.5) is 24.5 Å². The molecule has 2 aromatic carbocycles. The number of benzene rings is 2. The fourth-order valence-corrected chi connectivity index (χ4v) is 5.16. The molecule has 3 rings (SSSR count). The zero-order valence-corrected chi connectivity index (χ0v) is 23.4. The van der Waals surface area contributed by atoms with Gasteiger partial charge in [0.25, 0.3) is 15.9 Å². The number of carbonyl (C=O) groups excluding carboxylic acids is 1. The van der Waals surface area contributed by atoms with Gasteiger partial charge in [-0.1, -0.05) is 13.0 Å². The van der Waals surface area contributed by atoms with Crippen LogP contribution in [0.25, 0.3) is 0 Å². The number of carboxylic acid groups (broad SMARTS) is 1. The van der Waals surface area contributed by atoms with E-state index in [-0.39, 0.29) is 16.8 Å². The van der Waals surface area contributed by atoms with Gasteiger partial charge in [-0.15, -0.1) is 0 Å². The van der Waals surface area contributed by atoms with Gasteiger partial charge in [-0.3, -0.25) is 9.52 Å². The van der Waals surface area contributed by atoms with Crippen molar-refractivity contribution < 1.29 is 36.3 Å². The van der Waals surface area contributed by atoms with E-state index in [0.717, 1.165) is 49.4 Å². The van der Waals surface area contributed by atoms with E-state index in [0.29, 0.717) is 16.8 Å². The monoisotopic (exact) mass is 572 g/mol. The molecule has 4 N–H and O–H groups in total. The van der Waals surface area contributed by atoms with Crippen LogP contribution in [0.2, 0.25) is 0 Å². The SMILES string of the molecule is CCC(C)NC(=O)c1cc(NS(=O)(=O)c2cc(C)c(C)cc2C)ccc1N1CCNCC1.O=C(O)C(F)(F)F. The highest BCUT2D eigenvalue weighted by molar-refractivity contribution is 7.92. The maximum atomic E-state index is 13.1. The topological polar surface area (TPSA) is 128 Å². The summed E-state index contributed by atoms with van der Waals surface area (Å²) in [5.74, 6) is -2.95. The summed E-state index contributed by atoms with van der Waals surface area (Å²) < 4.78 is 60.7. The van der Waals surface area contributed by atoms with Crippen molar-refractivity contribution in [2.24, 2.45) is 0 Å². The lowest BCUT2D eigenvalue weighted by molar-refractivity contribution is -0.192. The van der Waals surface area contributed by atoms with Crippen molar-refractivity contribution in [2.45, 2.75) is 58.2 Å². The Kier molecular flexibility index (Phi) is 10.8. The lowest BCUT2D eigenvalue weighted by Crippen LogP contribution is -2.44. The number of aryl methyl sites for hydroxylation is 3. The number of alkyl halides is 3. The Balaban J connectivity index is 0.000000673. The number of aliphatic carboxylic acids is 1. The fourth-order valence-electron chi connectivity index (χ4n) is 3.80. The zero-order valence-electron chi connectivity index (χ0n) is 22.6. The minimum Gasteiger partial charge on any atom is -0.475 e. The van der Waals surface area contributed by atoms with Crippen LogP contribution in [0, 0.1) is 20.8 Å². The summed E-state index contributed by atoms with van der Waals surface area (Å²) in [4.78, 5) is 24.4. The molecule has 0 saturated carbocycles. The minimum atomic E-state index is -5.08. The van der Waals surface area contributed by atoms with E-state index in [4.69, 9.17) is 9.90 Å². The summed E-state index contributed by atoms with van der Waals surface area (Å²) in [7, 11) is -3.80. The van der Waals surface area contributed by atoms with Crippen LogP contribution in [0.5, 0.6) is 0 Å². The molecule has 1 saturated heterocycles. The fraction of sp³-hybridized carbons (Fsp3) is 0.462. The molecule has 0 aromatic heterocycles. The highest BCUT2D eigenvalue weighted by atomic mass is 32.2. The Labute approximate surface area is 226 Å². The largest absolute Gasteiger partial charge is 0.490 e. The summed E-state index contributed by atoms with van der Waals surface area (Å²) in [6.45, 7) is 12.9. The van der Waals surface area contributed by atoms with E-state index in [1.807, 2.05) is 39.8 Å². The Hall–Kier alpha value is -3.32. The number of carboxylic acids is 1. The Bertz CT molecular complexity index is 1290. The number of nitrogens with zero attached hydrogens (tertiary/aromatic N) is 1. The van der Waals surface area contributed by atoms with Crippen molar-refractivity contribution in [3.63, 3.8) is 0 Å². The standard InChI is InChI=1S/C24H34N4O3S.C2HF3O2/c1-6-19(5)26-24(29)21-15-20(7-8-22(21)28-11-9-25-10-12-28)27-32(30,31)23-14-17(3)16(2)13-18(23)4;3-2(4,5)1(6)7/h7-8,13-15,19,25,27H,6,9-12H2,1-5H3,(H,26,29);(H,6,7). The van der Waals surface area contributed by atoms with E-state index in [9.17, 15) is 26.4 Å². The molecule has 1 atom stereocenters. The molecule has 1 heterocycles. The Morgan fingerprint density at radius 1 is 1.05 bits per heavy atom. The predicted octanol–water partition coefficient (Wildman–Crippen LogP) is 3.98. The second kappa shape index (κ2) is 13.2. The molecule has 1 unspecified atom stereocenters. The van der Waals surface area contributed by atoms with Crippen molar-refractivity contribution in [1.29, 1.82) is 0 Å². The third kappa shape index (κ3) is 8.85. The maximum absolute atomic E-state index is 13.1. The van der Waals surface area contributed by atoms with Crippen molar-refractivity contribution in [3.05, 3.63) is 52.6 Å². The van der Waals surface area contributed by atoms with E-state index in [2.05, 4.69) is 20.3 Å². The van der Waals surface area contributed by atoms with Crippen molar-refractivity contribution >= 4 is 33.3 Å². The number of amides is 1. The van der Waals surface area contributed by atoms with Gasteiger partial charge in [-0.2, -0.15) is 13.2 Å². The molecule has 0 spiro atoms. The number of anilines is 2. The van der Waals surface area contributed by atoms with Crippen molar-refractivity contribution in [3.8, 4) is 0 Å². The summed E-state index contributed by atoms with van der Waals surface area (Å²) >= 11 is 0. The summed E-state index contributed by atoms with van der Waals surface area (Å²) in [6, 6.07) is 8.80. The third-order valence-electron chi connectivity index (χ3n) is 6.26. The third-order valence-corrected chi connectivity index (χ3v) is 7.79. The molecule has 2 aromatic rings. The van der Waals surface area contributed by atoms with Gasteiger partial charge in [-0.05, 0) is 75.1 Å². The molecule has 1 aliphatic heterocycles. The highest BCUT2D eigenvalue weighted by Crippen LogP contribution is 2.28. The lowest BCUT2D eigenvalue weighted by atomic mass is 10.1. The van der Waals surface area contributed by atoms with Crippen LogP contribution >= 0.6 is 0 Å². The normalized spacial score (nSPS) is 14.6. The average molecular weight is 573 g/mol. The molecule has 0 bridgehead atoms. The Morgan fingerprint density at radius 2 is 1.62 bits per heavy atom. The zero-order chi connectivity index (χ0) is 29.5. The highest BCUT2D eigenvalue weighted by Gasteiger charge is 2.38. The Morgan fingerprint density at radius 3 is 2.15 bits per heavy atom.